The summed E-state index contributed by atoms with van der Waals surface area (Å²) in [6.45, 7) is 9.65. The van der Waals surface area contributed by atoms with Crippen molar-refractivity contribution < 1.29 is 28.6 Å². The third-order valence-corrected chi connectivity index (χ3v) is 4.67. The largest absolute Gasteiger partial charge is 0.493 e. The van der Waals surface area contributed by atoms with Crippen LogP contribution in [0.2, 0.25) is 0 Å². The molecule has 2 aromatic rings. The van der Waals surface area contributed by atoms with Crippen molar-refractivity contribution in [1.29, 1.82) is 0 Å². The number of carbonyl (C=O) groups excluding carboxylic acids is 3. The molecule has 1 N–H and O–H groups in total. The Morgan fingerprint density at radius 1 is 1.20 bits per heavy atom. The molecule has 0 spiro atoms. The molecule has 0 bridgehead atoms. The van der Waals surface area contributed by atoms with E-state index in [4.69, 9.17) is 14.2 Å². The third kappa shape index (κ3) is 5.17. The smallest absolute Gasteiger partial charge is 0.344 e. The predicted molar refractivity (Wildman–Crippen MR) is 113 cm³/mol. The number of hydrogen-bond donors (Lipinski definition) is 1. The topological polar surface area (TPSA) is 94.7 Å². The Morgan fingerprint density at radius 3 is 2.47 bits per heavy atom. The van der Waals surface area contributed by atoms with Crippen molar-refractivity contribution in [3.63, 3.8) is 0 Å². The van der Waals surface area contributed by atoms with Crippen molar-refractivity contribution in [2.24, 2.45) is 0 Å². The Morgan fingerprint density at radius 2 is 1.90 bits per heavy atom. The second-order valence-electron chi connectivity index (χ2n) is 6.94. The van der Waals surface area contributed by atoms with Crippen LogP contribution in [0.15, 0.2) is 30.9 Å². The summed E-state index contributed by atoms with van der Waals surface area (Å²) in [7, 11) is 1.51. The molecule has 0 saturated heterocycles. The van der Waals surface area contributed by atoms with Crippen LogP contribution in [0, 0.1) is 13.8 Å². The van der Waals surface area contributed by atoms with E-state index in [9.17, 15) is 14.4 Å². The zero-order valence-electron chi connectivity index (χ0n) is 18.0. The Bertz CT molecular complexity index is 972. The van der Waals surface area contributed by atoms with Gasteiger partial charge in [0.05, 0.1) is 12.8 Å². The average Bonchev–Trinajstić information content (AvgIpc) is 3.00. The van der Waals surface area contributed by atoms with Crippen LogP contribution in [0.5, 0.6) is 11.5 Å². The summed E-state index contributed by atoms with van der Waals surface area (Å²) in [6, 6.07) is 5.35. The van der Waals surface area contributed by atoms with E-state index in [0.717, 1.165) is 5.56 Å². The number of allylic oxidation sites excluding steroid dienone is 1. The number of nitrogens with one attached hydrogen (secondary N) is 1. The van der Waals surface area contributed by atoms with Crippen molar-refractivity contribution in [2.45, 2.75) is 40.2 Å². The van der Waals surface area contributed by atoms with Crippen molar-refractivity contribution in [2.75, 3.05) is 13.7 Å². The van der Waals surface area contributed by atoms with E-state index in [1.54, 1.807) is 32.1 Å². The Balaban J connectivity index is 2.01. The van der Waals surface area contributed by atoms with Gasteiger partial charge < -0.3 is 19.2 Å². The van der Waals surface area contributed by atoms with Gasteiger partial charge >= 0.3 is 5.97 Å². The fraction of sp³-hybridized carbons (Fsp3) is 0.348. The number of hydrogen-bond acceptors (Lipinski definition) is 6. The van der Waals surface area contributed by atoms with E-state index in [1.807, 2.05) is 6.07 Å². The molecule has 7 nitrogen and oxygen atoms in total. The average molecular weight is 413 g/mol. The van der Waals surface area contributed by atoms with Gasteiger partial charge in [-0.2, -0.15) is 0 Å². The second kappa shape index (κ2) is 9.91. The molecule has 1 atom stereocenters. The maximum absolute atomic E-state index is 12.7. The van der Waals surface area contributed by atoms with E-state index < -0.39 is 17.9 Å². The first kappa shape index (κ1) is 22.9. The molecule has 1 aromatic heterocycles. The molecule has 0 aliphatic heterocycles. The van der Waals surface area contributed by atoms with Crippen molar-refractivity contribution in [3.8, 4) is 11.5 Å². The van der Waals surface area contributed by atoms with Crippen molar-refractivity contribution in [1.82, 2.24) is 4.98 Å². The summed E-state index contributed by atoms with van der Waals surface area (Å²) in [5.74, 6) is -0.362. The van der Waals surface area contributed by atoms with Gasteiger partial charge in [0.25, 0.3) is 0 Å². The summed E-state index contributed by atoms with van der Waals surface area (Å²) >= 11 is 0. The van der Waals surface area contributed by atoms with Gasteiger partial charge in [-0.25, -0.2) is 4.79 Å². The number of benzene rings is 1. The summed E-state index contributed by atoms with van der Waals surface area (Å²) in [5, 5.41) is 0. The third-order valence-electron chi connectivity index (χ3n) is 4.67. The second-order valence-corrected chi connectivity index (χ2v) is 6.94. The lowest BCUT2D eigenvalue weighted by Crippen LogP contribution is -2.28. The van der Waals surface area contributed by atoms with Crippen molar-refractivity contribution in [3.05, 3.63) is 58.9 Å². The van der Waals surface area contributed by atoms with Gasteiger partial charge in [0.1, 0.15) is 0 Å². The monoisotopic (exact) mass is 413 g/mol. The molecular formula is C23H27NO6. The maximum Gasteiger partial charge on any atom is 0.344 e. The summed E-state index contributed by atoms with van der Waals surface area (Å²) in [6.07, 6.45) is 1.42. The van der Waals surface area contributed by atoms with Crippen LogP contribution in [-0.4, -0.2) is 42.3 Å². The number of H-pyrrole nitrogens is 1. The molecule has 0 saturated carbocycles. The van der Waals surface area contributed by atoms with Crippen LogP contribution in [0.4, 0.5) is 0 Å². The maximum atomic E-state index is 12.7. The predicted octanol–water partition coefficient (Wildman–Crippen LogP) is 3.76. The van der Waals surface area contributed by atoms with E-state index in [2.05, 4.69) is 11.6 Å². The first-order chi connectivity index (χ1) is 14.2. The minimum Gasteiger partial charge on any atom is -0.493 e. The van der Waals surface area contributed by atoms with Gasteiger partial charge in [-0.15, -0.1) is 6.58 Å². The van der Waals surface area contributed by atoms with Crippen LogP contribution in [0.3, 0.4) is 0 Å². The fourth-order valence-corrected chi connectivity index (χ4v) is 3.27. The standard InChI is InChI=1S/C23H27NO6/c1-7-8-17-9-10-18(19(11-17)28-6)29-12-20(26)30-16(5)23(27)22-13(2)21(15(4)25)14(3)24-22/h7,9-11,16,24H,1,8,12H2,2-6H3/t16-/m1/s1. The molecule has 0 unspecified atom stereocenters. The van der Waals surface area contributed by atoms with Crippen molar-refractivity contribution >= 4 is 17.5 Å². The fourth-order valence-electron chi connectivity index (χ4n) is 3.27. The van der Waals surface area contributed by atoms with E-state index in [0.29, 0.717) is 34.7 Å². The lowest BCUT2D eigenvalue weighted by atomic mass is 10.0. The van der Waals surface area contributed by atoms with E-state index in [-0.39, 0.29) is 18.1 Å². The molecule has 0 amide bonds. The zero-order chi connectivity index (χ0) is 22.4. The van der Waals surface area contributed by atoms with Gasteiger partial charge in [0.15, 0.2) is 30.0 Å². The summed E-state index contributed by atoms with van der Waals surface area (Å²) in [5.41, 5.74) is 2.90. The molecule has 30 heavy (non-hydrogen) atoms. The van der Waals surface area contributed by atoms with Gasteiger partial charge in [-0.3, -0.25) is 9.59 Å². The molecule has 0 fully saturated rings. The SMILES string of the molecule is C=CCc1ccc(OCC(=O)O[C@H](C)C(=O)c2[nH]c(C)c(C(C)=O)c2C)c(OC)c1. The van der Waals surface area contributed by atoms with E-state index in [1.165, 1.54) is 21.0 Å². The number of ketones is 2. The number of carbonyl (C=O) groups is 3. The first-order valence-electron chi connectivity index (χ1n) is 9.54. The number of aryl methyl sites for hydroxylation is 1. The number of aromatic amines is 1. The highest BCUT2D eigenvalue weighted by Crippen LogP contribution is 2.28. The minimum atomic E-state index is -1.03. The number of rotatable bonds is 10. The van der Waals surface area contributed by atoms with Crippen LogP contribution >= 0.6 is 0 Å². The zero-order valence-corrected chi connectivity index (χ0v) is 18.0. The molecular weight excluding hydrogens is 386 g/mol. The minimum absolute atomic E-state index is 0.133. The lowest BCUT2D eigenvalue weighted by molar-refractivity contribution is -0.148. The highest BCUT2D eigenvalue weighted by molar-refractivity contribution is 6.05. The summed E-state index contributed by atoms with van der Waals surface area (Å²) < 4.78 is 16.0. The van der Waals surface area contributed by atoms with Crippen LogP contribution in [-0.2, 0) is 16.0 Å². The summed E-state index contributed by atoms with van der Waals surface area (Å²) in [4.78, 5) is 39.5. The molecule has 160 valence electrons. The molecule has 0 aliphatic carbocycles. The highest BCUT2D eigenvalue weighted by atomic mass is 16.6. The Hall–Kier alpha value is -3.35. The number of Topliss-reactive ketones (excluding diaryl/α,β-unsaturated/α-hetero) is 2. The van der Waals surface area contributed by atoms with Crippen LogP contribution in [0.25, 0.3) is 0 Å². The number of ether oxygens (including phenoxy) is 3. The number of methoxy groups -OCH3 is 1. The Kier molecular flexibility index (Phi) is 7.58. The molecule has 1 aromatic carbocycles. The number of aromatic nitrogens is 1. The lowest BCUT2D eigenvalue weighted by Gasteiger charge is -2.14. The van der Waals surface area contributed by atoms with E-state index >= 15 is 0 Å². The normalized spacial score (nSPS) is 11.5. The number of esters is 1. The molecule has 0 aliphatic rings. The molecule has 2 rings (SSSR count). The Labute approximate surface area is 176 Å². The van der Waals surface area contributed by atoms with Crippen LogP contribution < -0.4 is 9.47 Å². The first-order valence-corrected chi connectivity index (χ1v) is 9.54. The van der Waals surface area contributed by atoms with Gasteiger partial charge in [-0.1, -0.05) is 12.1 Å². The highest BCUT2D eigenvalue weighted by Gasteiger charge is 2.26. The van der Waals surface area contributed by atoms with Gasteiger partial charge in [0, 0.05) is 11.3 Å². The quantitative estimate of drug-likeness (QED) is 0.362. The molecule has 7 heteroatoms. The van der Waals surface area contributed by atoms with Crippen LogP contribution in [0.1, 0.15) is 51.5 Å². The van der Waals surface area contributed by atoms with Gasteiger partial charge in [0.2, 0.25) is 5.78 Å². The molecule has 1 heterocycles. The van der Waals surface area contributed by atoms with Gasteiger partial charge in [-0.05, 0) is 57.4 Å². The molecule has 0 radical (unpaired) electrons.